The first-order valence-corrected chi connectivity index (χ1v) is 6.53. The van der Waals surface area contributed by atoms with Gasteiger partial charge in [0.25, 0.3) is 0 Å². The van der Waals surface area contributed by atoms with E-state index in [1.165, 1.54) is 18.3 Å². The van der Waals surface area contributed by atoms with E-state index in [1.807, 2.05) is 0 Å². The topological polar surface area (TPSA) is 150 Å². The van der Waals surface area contributed by atoms with Gasteiger partial charge in [0.15, 0.2) is 17.0 Å². The number of aromatic carboxylic acids is 1. The van der Waals surface area contributed by atoms with Gasteiger partial charge in [-0.05, 0) is 24.3 Å². The van der Waals surface area contributed by atoms with Crippen molar-refractivity contribution in [3.05, 3.63) is 41.7 Å². The van der Waals surface area contributed by atoms with Gasteiger partial charge in [0.05, 0.1) is 17.5 Å². The van der Waals surface area contributed by atoms with Crippen LogP contribution in [0.4, 0.5) is 11.8 Å². The Hall–Kier alpha value is -3.49. The molecule has 3 rings (SSSR count). The van der Waals surface area contributed by atoms with E-state index in [1.54, 1.807) is 12.1 Å². The highest BCUT2D eigenvalue weighted by Crippen LogP contribution is 2.17. The van der Waals surface area contributed by atoms with Gasteiger partial charge in [-0.25, -0.2) is 14.8 Å². The third-order valence-electron chi connectivity index (χ3n) is 2.99. The second-order valence-corrected chi connectivity index (χ2v) is 4.62. The van der Waals surface area contributed by atoms with Gasteiger partial charge < -0.3 is 21.3 Å². The largest absolute Gasteiger partial charge is 0.487 e. The maximum Gasteiger partial charge on any atom is 0.335 e. The van der Waals surface area contributed by atoms with Crippen molar-refractivity contribution in [2.24, 2.45) is 0 Å². The van der Waals surface area contributed by atoms with Crippen LogP contribution in [0.1, 0.15) is 16.1 Å². The minimum Gasteiger partial charge on any atom is -0.487 e. The Morgan fingerprint density at radius 3 is 2.57 bits per heavy atom. The standard InChI is InChI=1S/C14H12N6O3/c15-11-10-12(20-14(16)19-11)17-5-8(18-10)6-23-9-3-1-7(2-4-9)13(21)22/h1-5H,6H2,(H,21,22)(H4,15,16,17,19,20). The van der Waals surface area contributed by atoms with E-state index >= 15 is 0 Å². The number of nitrogens with zero attached hydrogens (tertiary/aromatic N) is 4. The van der Waals surface area contributed by atoms with Crippen LogP contribution in [0, 0.1) is 0 Å². The molecule has 5 N–H and O–H groups in total. The Kier molecular flexibility index (Phi) is 3.59. The normalized spacial score (nSPS) is 10.6. The zero-order valence-corrected chi connectivity index (χ0v) is 11.8. The molecule has 0 saturated carbocycles. The van der Waals surface area contributed by atoms with Crippen LogP contribution >= 0.6 is 0 Å². The molecule has 0 fully saturated rings. The summed E-state index contributed by atoms with van der Waals surface area (Å²) in [5.41, 5.74) is 12.6. The van der Waals surface area contributed by atoms with Gasteiger partial charge in [-0.1, -0.05) is 0 Å². The van der Waals surface area contributed by atoms with Crippen molar-refractivity contribution in [2.75, 3.05) is 11.5 Å². The lowest BCUT2D eigenvalue weighted by Gasteiger charge is -2.07. The highest BCUT2D eigenvalue weighted by atomic mass is 16.5. The lowest BCUT2D eigenvalue weighted by Crippen LogP contribution is -2.06. The maximum atomic E-state index is 10.8. The van der Waals surface area contributed by atoms with Gasteiger partial charge in [0, 0.05) is 0 Å². The number of benzene rings is 1. The summed E-state index contributed by atoms with van der Waals surface area (Å²) in [5.74, 6) is -0.301. The fraction of sp³-hybridized carbons (Fsp3) is 0.0714. The number of fused-ring (bicyclic) bond motifs is 1. The van der Waals surface area contributed by atoms with Gasteiger partial charge in [0.2, 0.25) is 5.95 Å². The fourth-order valence-corrected chi connectivity index (χ4v) is 1.90. The van der Waals surface area contributed by atoms with Crippen molar-refractivity contribution in [2.45, 2.75) is 6.61 Å². The van der Waals surface area contributed by atoms with E-state index in [-0.39, 0.29) is 23.9 Å². The molecule has 9 heteroatoms. The summed E-state index contributed by atoms with van der Waals surface area (Å²) in [6, 6.07) is 6.04. The number of nitrogen functional groups attached to an aromatic ring is 2. The summed E-state index contributed by atoms with van der Waals surface area (Å²) in [6.45, 7) is 0.138. The first-order chi connectivity index (χ1) is 11.0. The average molecular weight is 312 g/mol. The van der Waals surface area contributed by atoms with Crippen LogP contribution in [0.3, 0.4) is 0 Å². The molecule has 0 aliphatic heterocycles. The lowest BCUT2D eigenvalue weighted by molar-refractivity contribution is 0.0697. The van der Waals surface area contributed by atoms with Gasteiger partial charge in [-0.3, -0.25) is 0 Å². The second-order valence-electron chi connectivity index (χ2n) is 4.62. The zero-order chi connectivity index (χ0) is 16.4. The number of hydrogen-bond donors (Lipinski definition) is 3. The van der Waals surface area contributed by atoms with Crippen molar-refractivity contribution >= 4 is 28.9 Å². The first-order valence-electron chi connectivity index (χ1n) is 6.53. The van der Waals surface area contributed by atoms with E-state index < -0.39 is 5.97 Å². The van der Waals surface area contributed by atoms with Crippen LogP contribution in [0.15, 0.2) is 30.5 Å². The van der Waals surface area contributed by atoms with Gasteiger partial charge in [-0.15, -0.1) is 0 Å². The molecule has 0 unspecified atom stereocenters. The summed E-state index contributed by atoms with van der Waals surface area (Å²) >= 11 is 0. The minimum absolute atomic E-state index is 0.0341. The fourth-order valence-electron chi connectivity index (χ4n) is 1.90. The number of carbonyl (C=O) groups is 1. The van der Waals surface area contributed by atoms with E-state index in [2.05, 4.69) is 19.9 Å². The molecule has 0 aliphatic rings. The van der Waals surface area contributed by atoms with Crippen LogP contribution in [0.2, 0.25) is 0 Å². The number of aromatic nitrogens is 4. The number of ether oxygens (including phenoxy) is 1. The molecule has 0 aliphatic carbocycles. The highest BCUT2D eigenvalue weighted by Gasteiger charge is 2.08. The van der Waals surface area contributed by atoms with Crippen LogP contribution in [0.5, 0.6) is 5.75 Å². The van der Waals surface area contributed by atoms with E-state index in [0.717, 1.165) is 0 Å². The molecule has 2 heterocycles. The molecule has 3 aromatic rings. The number of rotatable bonds is 4. The summed E-state index contributed by atoms with van der Waals surface area (Å²) in [6.07, 6.45) is 1.50. The maximum absolute atomic E-state index is 10.8. The van der Waals surface area contributed by atoms with Crippen molar-refractivity contribution in [1.82, 2.24) is 19.9 Å². The molecule has 0 bridgehead atoms. The number of nitrogens with two attached hydrogens (primary N) is 2. The number of carboxylic acid groups (broad SMARTS) is 1. The van der Waals surface area contributed by atoms with E-state index in [0.29, 0.717) is 22.6 Å². The Labute approximate surface area is 130 Å². The molecule has 0 amide bonds. The summed E-state index contributed by atoms with van der Waals surface area (Å²) < 4.78 is 5.54. The summed E-state index contributed by atoms with van der Waals surface area (Å²) in [4.78, 5) is 27.0. The molecule has 0 saturated heterocycles. The third-order valence-corrected chi connectivity index (χ3v) is 2.99. The predicted molar refractivity (Wildman–Crippen MR) is 81.7 cm³/mol. The summed E-state index contributed by atoms with van der Waals surface area (Å²) in [7, 11) is 0. The van der Waals surface area contributed by atoms with Crippen molar-refractivity contribution in [1.29, 1.82) is 0 Å². The van der Waals surface area contributed by atoms with E-state index in [4.69, 9.17) is 21.3 Å². The molecule has 116 valence electrons. The SMILES string of the molecule is Nc1nc(N)c2nc(COc3ccc(C(=O)O)cc3)cnc2n1. The van der Waals surface area contributed by atoms with Crippen LogP contribution in [0.25, 0.3) is 11.2 Å². The molecule has 2 aromatic heterocycles. The molecule has 9 nitrogen and oxygen atoms in total. The zero-order valence-electron chi connectivity index (χ0n) is 11.8. The number of carboxylic acids is 1. The van der Waals surface area contributed by atoms with E-state index in [9.17, 15) is 4.79 Å². The summed E-state index contributed by atoms with van der Waals surface area (Å²) in [5, 5.41) is 8.84. The highest BCUT2D eigenvalue weighted by molar-refractivity contribution is 5.87. The monoisotopic (exact) mass is 312 g/mol. The molecule has 23 heavy (non-hydrogen) atoms. The Bertz CT molecular complexity index is 882. The first kappa shape index (κ1) is 14.4. The second kappa shape index (κ2) is 5.72. The molecular weight excluding hydrogens is 300 g/mol. The van der Waals surface area contributed by atoms with Gasteiger partial charge in [-0.2, -0.15) is 9.97 Å². The van der Waals surface area contributed by atoms with Crippen molar-refractivity contribution in [3.63, 3.8) is 0 Å². The molecule has 0 spiro atoms. The van der Waals surface area contributed by atoms with Crippen LogP contribution < -0.4 is 16.2 Å². The van der Waals surface area contributed by atoms with Crippen LogP contribution in [-0.2, 0) is 6.61 Å². The van der Waals surface area contributed by atoms with Crippen LogP contribution in [-0.4, -0.2) is 31.0 Å². The lowest BCUT2D eigenvalue weighted by atomic mass is 10.2. The Balaban J connectivity index is 1.78. The number of anilines is 2. The van der Waals surface area contributed by atoms with Crippen molar-refractivity contribution < 1.29 is 14.6 Å². The average Bonchev–Trinajstić information content (AvgIpc) is 2.53. The van der Waals surface area contributed by atoms with Gasteiger partial charge >= 0.3 is 5.97 Å². The van der Waals surface area contributed by atoms with Crippen molar-refractivity contribution in [3.8, 4) is 5.75 Å². The molecule has 0 atom stereocenters. The quantitative estimate of drug-likeness (QED) is 0.637. The predicted octanol–water partition coefficient (Wildman–Crippen LogP) is 0.861. The minimum atomic E-state index is -0.994. The Morgan fingerprint density at radius 2 is 1.87 bits per heavy atom. The van der Waals surface area contributed by atoms with Gasteiger partial charge in [0.1, 0.15) is 12.4 Å². The molecular formula is C14H12N6O3. The molecule has 1 aromatic carbocycles. The Morgan fingerprint density at radius 1 is 1.13 bits per heavy atom. The number of hydrogen-bond acceptors (Lipinski definition) is 8. The third kappa shape index (κ3) is 3.07. The smallest absolute Gasteiger partial charge is 0.335 e. The molecule has 0 radical (unpaired) electrons.